The highest BCUT2D eigenvalue weighted by Gasteiger charge is 2.15. The van der Waals surface area contributed by atoms with Gasteiger partial charge in [-0.1, -0.05) is 12.8 Å². The van der Waals surface area contributed by atoms with Gasteiger partial charge in [-0.3, -0.25) is 0 Å². The quantitative estimate of drug-likeness (QED) is 0.863. The van der Waals surface area contributed by atoms with Crippen LogP contribution in [0.1, 0.15) is 25.7 Å². The summed E-state index contributed by atoms with van der Waals surface area (Å²) < 4.78 is 0.915. The Bertz CT molecular complexity index is 284. The standard InChI is InChI=1S/C9H11BrN3/c10-8-5-11-6-12-9(8)13-7-3-1-2-4-7/h5,7H,1-4H2,(H,11,12,13). The number of nitrogens with zero attached hydrogens (tertiary/aromatic N) is 2. The van der Waals surface area contributed by atoms with Crippen molar-refractivity contribution in [3.63, 3.8) is 0 Å². The van der Waals surface area contributed by atoms with Crippen LogP contribution in [-0.2, 0) is 0 Å². The molecule has 0 spiro atoms. The molecule has 2 rings (SSSR count). The second kappa shape index (κ2) is 4.05. The molecule has 13 heavy (non-hydrogen) atoms. The van der Waals surface area contributed by atoms with Crippen molar-refractivity contribution >= 4 is 21.7 Å². The monoisotopic (exact) mass is 240 g/mol. The first-order valence-corrected chi connectivity index (χ1v) is 5.30. The van der Waals surface area contributed by atoms with Crippen LogP contribution >= 0.6 is 15.9 Å². The van der Waals surface area contributed by atoms with Gasteiger partial charge in [-0.15, -0.1) is 0 Å². The number of rotatable bonds is 2. The Balaban J connectivity index is 2.04. The van der Waals surface area contributed by atoms with E-state index in [-0.39, 0.29) is 0 Å². The van der Waals surface area contributed by atoms with E-state index >= 15 is 0 Å². The third-order valence-electron chi connectivity index (χ3n) is 2.32. The van der Waals surface area contributed by atoms with Gasteiger partial charge < -0.3 is 5.32 Å². The molecular formula is C9H11BrN3. The van der Waals surface area contributed by atoms with E-state index in [1.807, 2.05) is 0 Å². The zero-order chi connectivity index (χ0) is 9.10. The lowest BCUT2D eigenvalue weighted by atomic mass is 10.2. The highest BCUT2D eigenvalue weighted by Crippen LogP contribution is 2.24. The lowest BCUT2D eigenvalue weighted by Crippen LogP contribution is -2.15. The minimum Gasteiger partial charge on any atom is -0.366 e. The van der Waals surface area contributed by atoms with E-state index in [1.54, 1.807) is 6.20 Å². The second-order valence-electron chi connectivity index (χ2n) is 3.29. The van der Waals surface area contributed by atoms with Crippen LogP contribution in [0.25, 0.3) is 0 Å². The van der Waals surface area contributed by atoms with Gasteiger partial charge in [0.15, 0.2) is 6.33 Å². The molecule has 1 aliphatic rings. The topological polar surface area (TPSA) is 37.8 Å². The maximum Gasteiger partial charge on any atom is 0.199 e. The van der Waals surface area contributed by atoms with E-state index in [9.17, 15) is 0 Å². The molecule has 0 unspecified atom stereocenters. The molecule has 1 aliphatic carbocycles. The third-order valence-corrected chi connectivity index (χ3v) is 2.90. The van der Waals surface area contributed by atoms with Gasteiger partial charge in [0.1, 0.15) is 5.82 Å². The van der Waals surface area contributed by atoms with Gasteiger partial charge in [0.2, 0.25) is 0 Å². The Morgan fingerprint density at radius 3 is 2.92 bits per heavy atom. The van der Waals surface area contributed by atoms with Gasteiger partial charge in [0, 0.05) is 12.2 Å². The van der Waals surface area contributed by atoms with Crippen molar-refractivity contribution in [3.05, 3.63) is 17.0 Å². The molecular weight excluding hydrogens is 230 g/mol. The molecule has 3 nitrogen and oxygen atoms in total. The second-order valence-corrected chi connectivity index (χ2v) is 4.15. The van der Waals surface area contributed by atoms with Gasteiger partial charge in [0.05, 0.1) is 4.47 Å². The Kier molecular flexibility index (Phi) is 2.78. The molecule has 1 heterocycles. The lowest BCUT2D eigenvalue weighted by Gasteiger charge is -2.12. The number of anilines is 1. The van der Waals surface area contributed by atoms with Crippen LogP contribution in [-0.4, -0.2) is 16.0 Å². The van der Waals surface area contributed by atoms with Crippen molar-refractivity contribution < 1.29 is 0 Å². The molecule has 4 heteroatoms. The first kappa shape index (κ1) is 8.94. The van der Waals surface area contributed by atoms with Crippen LogP contribution in [0, 0.1) is 6.33 Å². The SMILES string of the molecule is Brc1cn[c]nc1NC1CCCC1. The molecule has 1 N–H and O–H groups in total. The summed E-state index contributed by atoms with van der Waals surface area (Å²) in [7, 11) is 0. The fourth-order valence-electron chi connectivity index (χ4n) is 1.64. The normalized spacial score (nSPS) is 17.6. The Labute approximate surface area is 86.1 Å². The molecule has 1 saturated carbocycles. The summed E-state index contributed by atoms with van der Waals surface area (Å²) in [4.78, 5) is 7.84. The molecule has 0 bridgehead atoms. The zero-order valence-electron chi connectivity index (χ0n) is 7.26. The van der Waals surface area contributed by atoms with Crippen LogP contribution in [0.4, 0.5) is 5.82 Å². The molecule has 0 atom stereocenters. The van der Waals surface area contributed by atoms with Gasteiger partial charge in [-0.2, -0.15) is 0 Å². The van der Waals surface area contributed by atoms with Crippen molar-refractivity contribution in [2.45, 2.75) is 31.7 Å². The summed E-state index contributed by atoms with van der Waals surface area (Å²) >= 11 is 3.40. The van der Waals surface area contributed by atoms with E-state index in [0.29, 0.717) is 6.04 Å². The average Bonchev–Trinajstić information content (AvgIpc) is 2.61. The van der Waals surface area contributed by atoms with Crippen LogP contribution in [0.5, 0.6) is 0 Å². The fraction of sp³-hybridized carbons (Fsp3) is 0.556. The summed E-state index contributed by atoms with van der Waals surface area (Å²) in [5, 5.41) is 3.38. The van der Waals surface area contributed by atoms with Crippen molar-refractivity contribution in [2.75, 3.05) is 5.32 Å². The van der Waals surface area contributed by atoms with Crippen LogP contribution < -0.4 is 5.32 Å². The van der Waals surface area contributed by atoms with Gasteiger partial charge in [-0.25, -0.2) is 9.97 Å². The maximum absolute atomic E-state index is 4.05. The first-order valence-electron chi connectivity index (χ1n) is 4.51. The van der Waals surface area contributed by atoms with E-state index < -0.39 is 0 Å². The molecule has 69 valence electrons. The maximum atomic E-state index is 4.05. The molecule has 1 aromatic heterocycles. The van der Waals surface area contributed by atoms with E-state index in [4.69, 9.17) is 0 Å². The number of aromatic nitrogens is 2. The smallest absolute Gasteiger partial charge is 0.199 e. The van der Waals surface area contributed by atoms with E-state index in [0.717, 1.165) is 10.3 Å². The molecule has 0 aliphatic heterocycles. The number of hydrogen-bond acceptors (Lipinski definition) is 3. The minimum absolute atomic E-state index is 0.583. The molecule has 0 saturated heterocycles. The summed E-state index contributed by atoms with van der Waals surface area (Å²) in [5.74, 6) is 0.863. The molecule has 1 radical (unpaired) electrons. The predicted octanol–water partition coefficient (Wildman–Crippen LogP) is 2.39. The highest BCUT2D eigenvalue weighted by molar-refractivity contribution is 9.10. The van der Waals surface area contributed by atoms with Crippen LogP contribution in [0.15, 0.2) is 10.7 Å². The fourth-order valence-corrected chi connectivity index (χ4v) is 1.95. The lowest BCUT2D eigenvalue weighted by molar-refractivity contribution is 0.748. The predicted molar refractivity (Wildman–Crippen MR) is 54.4 cm³/mol. The van der Waals surface area contributed by atoms with Crippen molar-refractivity contribution in [3.8, 4) is 0 Å². The summed E-state index contributed by atoms with van der Waals surface area (Å²) in [6.45, 7) is 0. The molecule has 0 amide bonds. The van der Waals surface area contributed by atoms with Crippen LogP contribution in [0.2, 0.25) is 0 Å². The first-order chi connectivity index (χ1) is 6.36. The van der Waals surface area contributed by atoms with Crippen molar-refractivity contribution in [1.29, 1.82) is 0 Å². The Morgan fingerprint density at radius 2 is 2.23 bits per heavy atom. The summed E-state index contributed by atoms with van der Waals surface area (Å²) in [6, 6.07) is 0.583. The Morgan fingerprint density at radius 1 is 1.46 bits per heavy atom. The van der Waals surface area contributed by atoms with E-state index in [1.165, 1.54) is 25.7 Å². The molecule has 1 fully saturated rings. The largest absolute Gasteiger partial charge is 0.366 e. The molecule has 1 aromatic rings. The van der Waals surface area contributed by atoms with E-state index in [2.05, 4.69) is 37.5 Å². The highest BCUT2D eigenvalue weighted by atomic mass is 79.9. The van der Waals surface area contributed by atoms with Gasteiger partial charge >= 0.3 is 0 Å². The number of nitrogens with one attached hydrogen (secondary N) is 1. The summed E-state index contributed by atoms with van der Waals surface area (Å²) in [6.07, 6.45) is 9.44. The van der Waals surface area contributed by atoms with Crippen LogP contribution in [0.3, 0.4) is 0 Å². The minimum atomic E-state index is 0.583. The summed E-state index contributed by atoms with van der Waals surface area (Å²) in [5.41, 5.74) is 0. The number of hydrogen-bond donors (Lipinski definition) is 1. The zero-order valence-corrected chi connectivity index (χ0v) is 8.84. The van der Waals surface area contributed by atoms with Crippen molar-refractivity contribution in [2.24, 2.45) is 0 Å². The van der Waals surface area contributed by atoms with Gasteiger partial charge in [0.25, 0.3) is 0 Å². The molecule has 0 aromatic carbocycles. The third kappa shape index (κ3) is 2.18. The Hall–Kier alpha value is -0.640. The number of halogens is 1. The van der Waals surface area contributed by atoms with Gasteiger partial charge in [-0.05, 0) is 28.8 Å². The average molecular weight is 241 g/mol. The van der Waals surface area contributed by atoms with Crippen molar-refractivity contribution in [1.82, 2.24) is 9.97 Å².